The Morgan fingerprint density at radius 1 is 0.193 bits per heavy atom. The van der Waals surface area contributed by atoms with Crippen LogP contribution in [-0.4, -0.2) is 73.6 Å². The molecule has 16 rings (SSSR count). The van der Waals surface area contributed by atoms with Crippen LogP contribution in [0.15, 0.2) is 331 Å². The number of carbonyl (C=O) groups is 6. The number of unbranched alkanes of at least 4 members (excludes halogenated alkanes) is 12. The lowest BCUT2D eigenvalue weighted by Gasteiger charge is -2.32. The number of fused-ring (bicyclic) bond motifs is 12. The Morgan fingerprint density at radius 3 is 0.633 bits per heavy atom. The summed E-state index contributed by atoms with van der Waals surface area (Å²) in [6.07, 6.45) is 1.12. The first-order valence-electron chi connectivity index (χ1n) is 52.9. The molecule has 0 saturated heterocycles. The van der Waals surface area contributed by atoms with Crippen molar-refractivity contribution in [2.45, 2.75) is 233 Å². The zero-order valence-corrected chi connectivity index (χ0v) is 86.7. The van der Waals surface area contributed by atoms with Gasteiger partial charge in [0.1, 0.15) is 0 Å². The minimum absolute atomic E-state index is 0.0000597. The number of esters is 6. The number of rotatable bonds is 54. The summed E-state index contributed by atoms with van der Waals surface area (Å²) in [6, 6.07) is 91.4. The van der Waals surface area contributed by atoms with Gasteiger partial charge in [0.05, 0.1) is 33.4 Å². The molecular weight excluding hydrogens is 1870 g/mol. The van der Waals surface area contributed by atoms with Crippen molar-refractivity contribution >= 4 is 166 Å². The molecule has 0 aliphatic rings. The van der Waals surface area contributed by atoms with Gasteiger partial charge in [0.15, 0.2) is 23.0 Å². The van der Waals surface area contributed by atoms with Gasteiger partial charge in [0, 0.05) is 54.7 Å². The standard InChI is InChI=1S/C132H132O18/c1-13-19-25-59-113(145-127(133)85(7)97-71-65-91-45-31-37-51-103(91)79-97)139-112-78-77-111-109-57-43-44-58-110(109)120-121(119(111)122(112)140-114(60-26-20-14-2)146-128(134)86(8)98-72-66-92-46-32-38-52-104(92)80-98)124(142-116(62-28-22-16-4)148-130(136)88(10)100-74-68-94-48-34-40-54-106(94)82-100)126(144-118(64-30-24-18-6)150-132(138)90(12)102-76-70-96-50-36-42-56-108(96)84-102)125(143-117(63-29-23-17-5)149-131(137)89(11)101-75-69-95-49-35-41-55-107(95)83-101)123(120)141-115(61-27-21-15-3)147-129(135)87(9)99-73-67-93-47-33-39-53-105(93)81-99/h31-58,65-84,113-118H,7-30,59-64H2,1-6H3. The quantitative estimate of drug-likeness (QED) is 0.00865. The highest BCUT2D eigenvalue weighted by Crippen LogP contribution is 2.60. The van der Waals surface area contributed by atoms with Gasteiger partial charge < -0.3 is 56.8 Å². The Bertz CT molecular complexity index is 7690. The minimum atomic E-state index is -1.68. The van der Waals surface area contributed by atoms with Crippen LogP contribution in [0.2, 0.25) is 0 Å². The highest BCUT2D eigenvalue weighted by molar-refractivity contribution is 6.32. The number of ether oxygens (including phenoxy) is 12. The van der Waals surface area contributed by atoms with Crippen molar-refractivity contribution in [3.63, 3.8) is 0 Å². The predicted octanol–water partition coefficient (Wildman–Crippen LogP) is 33.3. The monoisotopic (exact) mass is 2000 g/mol. The van der Waals surface area contributed by atoms with E-state index in [0.29, 0.717) is 152 Å². The van der Waals surface area contributed by atoms with Crippen molar-refractivity contribution in [2.24, 2.45) is 0 Å². The Hall–Kier alpha value is -16.1. The maximum absolute atomic E-state index is 16.1. The second kappa shape index (κ2) is 51.5. The van der Waals surface area contributed by atoms with Crippen LogP contribution >= 0.6 is 0 Å². The van der Waals surface area contributed by atoms with Gasteiger partial charge in [-0.05, 0) is 201 Å². The molecule has 0 aliphatic carbocycles. The SMILES string of the molecule is C=C(C(=O)OC(CCCCC)Oc1ccc2c3ccccc3c3c(OC(CCCCC)OC(=O)C(=C)c4ccc5ccccc5c4)c(OC(CCCCC)OC(=O)C(=C)c4ccc5ccccc5c4)c(OC(CCCCC)OC(=O)C(=C)c4ccc5ccccc5c4)c(OC(CCCCC)OC(=O)C(=C)c4ccc5ccccc5c4)c3c2c1OC(CCCCC)OC(=O)C(=C)c1ccc2ccccc2c1)c1ccc2ccccc2c1. The first-order valence-corrected chi connectivity index (χ1v) is 52.9. The number of hydrogen-bond donors (Lipinski definition) is 0. The lowest BCUT2D eigenvalue weighted by molar-refractivity contribution is -0.163. The summed E-state index contributed by atoms with van der Waals surface area (Å²) in [7, 11) is 0. The summed E-state index contributed by atoms with van der Waals surface area (Å²) in [5, 5.41) is 12.2. The summed E-state index contributed by atoms with van der Waals surface area (Å²) in [4.78, 5) is 95.2. The fourth-order valence-corrected chi connectivity index (χ4v) is 18.9. The summed E-state index contributed by atoms with van der Waals surface area (Å²) >= 11 is 0. The normalized spacial score (nSPS) is 12.6. The van der Waals surface area contributed by atoms with Crippen molar-refractivity contribution in [1.29, 1.82) is 0 Å². The lowest BCUT2D eigenvalue weighted by atomic mass is 9.91. The van der Waals surface area contributed by atoms with E-state index in [1.807, 2.05) is 300 Å². The number of carbonyl (C=O) groups excluding carboxylic acids is 6. The van der Waals surface area contributed by atoms with E-state index in [1.54, 1.807) is 12.1 Å². The molecule has 0 aromatic heterocycles. The first kappa shape index (κ1) is 107. The fourth-order valence-electron chi connectivity index (χ4n) is 18.9. The molecule has 16 aromatic rings. The molecule has 0 aliphatic heterocycles. The van der Waals surface area contributed by atoms with Crippen molar-refractivity contribution in [2.75, 3.05) is 0 Å². The van der Waals surface area contributed by atoms with E-state index in [9.17, 15) is 0 Å². The predicted molar refractivity (Wildman–Crippen MR) is 605 cm³/mol. The number of hydrogen-bond acceptors (Lipinski definition) is 18. The molecule has 18 nitrogen and oxygen atoms in total. The largest absolute Gasteiger partial charge is 0.451 e. The second-order valence-corrected chi connectivity index (χ2v) is 38.4. The highest BCUT2D eigenvalue weighted by atomic mass is 16.8. The molecule has 0 N–H and O–H groups in total. The summed E-state index contributed by atoms with van der Waals surface area (Å²) in [5.74, 6) is -6.52. The highest BCUT2D eigenvalue weighted by Gasteiger charge is 2.40. The van der Waals surface area contributed by atoms with Crippen LogP contribution in [-0.2, 0) is 57.2 Å². The van der Waals surface area contributed by atoms with E-state index < -0.39 is 79.3 Å². The van der Waals surface area contributed by atoms with E-state index in [4.69, 9.17) is 56.8 Å². The van der Waals surface area contributed by atoms with Gasteiger partial charge in [-0.25, -0.2) is 28.8 Å². The van der Waals surface area contributed by atoms with E-state index in [-0.39, 0.29) is 117 Å². The van der Waals surface area contributed by atoms with Crippen molar-refractivity contribution < 1.29 is 85.6 Å². The molecular formula is C132H132O18. The van der Waals surface area contributed by atoms with Gasteiger partial charge in [-0.15, -0.1) is 0 Å². The molecule has 16 aromatic carbocycles. The summed E-state index contributed by atoms with van der Waals surface area (Å²) in [6.45, 7) is 38.8. The van der Waals surface area contributed by atoms with E-state index >= 15 is 28.8 Å². The topological polar surface area (TPSA) is 213 Å². The van der Waals surface area contributed by atoms with Crippen LogP contribution in [0, 0.1) is 0 Å². The molecule has 0 spiro atoms. The summed E-state index contributed by atoms with van der Waals surface area (Å²) in [5.41, 5.74) is 2.86. The third-order valence-corrected chi connectivity index (χ3v) is 27.4. The van der Waals surface area contributed by atoms with Crippen molar-refractivity contribution in [3.05, 3.63) is 364 Å². The Balaban J connectivity index is 1.03. The first-order chi connectivity index (χ1) is 73.1. The molecule has 0 radical (unpaired) electrons. The molecule has 0 saturated carbocycles. The average molecular weight is 2010 g/mol. The fraction of sp³-hybridized carbons (Fsp3) is 0.273. The Morgan fingerprint density at radius 2 is 0.387 bits per heavy atom. The Labute approximate surface area is 878 Å². The smallest absolute Gasteiger partial charge is 0.341 e. The van der Waals surface area contributed by atoms with Crippen molar-refractivity contribution in [3.8, 4) is 34.5 Å². The molecule has 150 heavy (non-hydrogen) atoms. The van der Waals surface area contributed by atoms with Crippen LogP contribution in [0.1, 0.15) is 229 Å². The number of benzene rings is 16. The van der Waals surface area contributed by atoms with Gasteiger partial charge >= 0.3 is 35.8 Å². The van der Waals surface area contributed by atoms with Gasteiger partial charge in [-0.1, -0.05) is 401 Å². The molecule has 0 bridgehead atoms. The van der Waals surface area contributed by atoms with Gasteiger partial charge in [-0.2, -0.15) is 0 Å². The van der Waals surface area contributed by atoms with Crippen molar-refractivity contribution in [1.82, 2.24) is 0 Å². The molecule has 6 unspecified atom stereocenters. The molecule has 0 amide bonds. The maximum Gasteiger partial charge on any atom is 0.341 e. The van der Waals surface area contributed by atoms with Crippen LogP contribution in [0.25, 0.3) is 130 Å². The molecule has 18 heteroatoms. The van der Waals surface area contributed by atoms with Gasteiger partial charge in [0.2, 0.25) is 49.2 Å². The van der Waals surface area contributed by atoms with E-state index in [0.717, 1.165) is 77.5 Å². The third kappa shape index (κ3) is 26.2. The zero-order valence-electron chi connectivity index (χ0n) is 86.7. The second-order valence-electron chi connectivity index (χ2n) is 38.4. The minimum Gasteiger partial charge on any atom is -0.451 e. The zero-order chi connectivity index (χ0) is 105. The van der Waals surface area contributed by atoms with Gasteiger partial charge in [-0.3, -0.25) is 0 Å². The van der Waals surface area contributed by atoms with E-state index in [2.05, 4.69) is 60.2 Å². The maximum atomic E-state index is 16.1. The van der Waals surface area contributed by atoms with Crippen LogP contribution in [0.4, 0.5) is 0 Å². The van der Waals surface area contributed by atoms with Crippen LogP contribution in [0.5, 0.6) is 34.5 Å². The summed E-state index contributed by atoms with van der Waals surface area (Å²) < 4.78 is 88.8. The molecule has 0 fully saturated rings. The average Bonchev–Trinajstić information content (AvgIpc) is 0.700. The van der Waals surface area contributed by atoms with Gasteiger partial charge in [0.25, 0.3) is 0 Å². The third-order valence-electron chi connectivity index (χ3n) is 27.4. The molecule has 6 atom stereocenters. The molecule has 0 heterocycles. The molecule has 768 valence electrons. The van der Waals surface area contributed by atoms with E-state index in [1.165, 1.54) is 0 Å². The van der Waals surface area contributed by atoms with Crippen LogP contribution < -0.4 is 28.4 Å². The van der Waals surface area contributed by atoms with Crippen LogP contribution in [0.3, 0.4) is 0 Å². The lowest BCUT2D eigenvalue weighted by Crippen LogP contribution is -2.30. The Kier molecular flexibility index (Phi) is 36.6.